The van der Waals surface area contributed by atoms with Crippen molar-refractivity contribution in [3.63, 3.8) is 0 Å². The summed E-state index contributed by atoms with van der Waals surface area (Å²) >= 11 is 0. The van der Waals surface area contributed by atoms with Crippen LogP contribution in [0.4, 0.5) is 26.3 Å². The summed E-state index contributed by atoms with van der Waals surface area (Å²) in [5.41, 5.74) is -5.74. The van der Waals surface area contributed by atoms with Crippen LogP contribution in [0.15, 0.2) is 60.4 Å². The maximum absolute atomic E-state index is 14.1. The van der Waals surface area contributed by atoms with Crippen LogP contribution in [-0.4, -0.2) is 41.1 Å². The number of carbonyl (C=O) groups is 1. The molecule has 1 heterocycles. The van der Waals surface area contributed by atoms with Crippen LogP contribution in [0.5, 0.6) is 11.5 Å². The van der Waals surface area contributed by atoms with Gasteiger partial charge in [-0.25, -0.2) is 4.79 Å². The molecule has 0 spiro atoms. The number of benzene rings is 2. The number of rotatable bonds is 8. The molecular weight excluding hydrogens is 510 g/mol. The standard InChI is InChI=1S/C21H22F6O4.C4H4O2/c1-3-17(28)30-15-9-5-13(6-10-15)19(20(22,23)24,21(25,26)27)14-7-11-16(12-8-14)31-18(29)4-2;1-3-2-6-4(3)5/h5-12,17-18,28-29H,3-4H2,1-2H3;2H,1H3. The topological polar surface area (TPSA) is 85.2 Å². The minimum atomic E-state index is -5.73. The maximum atomic E-state index is 14.1. The van der Waals surface area contributed by atoms with E-state index in [4.69, 9.17) is 9.47 Å². The molecule has 0 fully saturated rings. The number of carbonyl (C=O) groups excluding carboxylic acids is 1. The average Bonchev–Trinajstić information content (AvgIpc) is 2.83. The summed E-state index contributed by atoms with van der Waals surface area (Å²) in [7, 11) is 0. The van der Waals surface area contributed by atoms with Gasteiger partial charge < -0.3 is 24.4 Å². The highest BCUT2D eigenvalue weighted by molar-refractivity contribution is 5.92. The fourth-order valence-electron chi connectivity index (χ4n) is 3.25. The van der Waals surface area contributed by atoms with Crippen LogP contribution in [0, 0.1) is 0 Å². The number of hydrogen-bond donors (Lipinski definition) is 2. The van der Waals surface area contributed by atoms with Crippen molar-refractivity contribution in [3.05, 3.63) is 71.5 Å². The number of alkyl halides is 6. The lowest BCUT2D eigenvalue weighted by molar-refractivity contribution is -0.288. The highest BCUT2D eigenvalue weighted by Crippen LogP contribution is 2.56. The molecule has 37 heavy (non-hydrogen) atoms. The lowest BCUT2D eigenvalue weighted by Gasteiger charge is -2.38. The van der Waals surface area contributed by atoms with Gasteiger partial charge >= 0.3 is 18.3 Å². The summed E-state index contributed by atoms with van der Waals surface area (Å²) < 4.78 is 99.0. The Hall–Kier alpha value is -3.25. The Balaban J connectivity index is 0.000000700. The molecule has 3 rings (SSSR count). The van der Waals surface area contributed by atoms with Crippen LogP contribution < -0.4 is 9.47 Å². The van der Waals surface area contributed by atoms with Gasteiger partial charge in [-0.1, -0.05) is 38.1 Å². The fourth-order valence-corrected chi connectivity index (χ4v) is 3.25. The monoisotopic (exact) mass is 536 g/mol. The van der Waals surface area contributed by atoms with Gasteiger partial charge in [-0.05, 0) is 42.3 Å². The van der Waals surface area contributed by atoms with Crippen molar-refractivity contribution in [3.8, 4) is 11.5 Å². The molecule has 0 amide bonds. The molecule has 2 aromatic rings. The third-order valence-corrected chi connectivity index (χ3v) is 5.33. The van der Waals surface area contributed by atoms with Crippen LogP contribution in [0.2, 0.25) is 0 Å². The van der Waals surface area contributed by atoms with E-state index >= 15 is 0 Å². The number of halogens is 6. The molecule has 2 aromatic carbocycles. The first-order valence-electron chi connectivity index (χ1n) is 11.1. The Kier molecular flexibility index (Phi) is 9.61. The fraction of sp³-hybridized carbons (Fsp3) is 0.400. The van der Waals surface area contributed by atoms with Gasteiger partial charge in [-0.2, -0.15) is 26.3 Å². The van der Waals surface area contributed by atoms with Crippen molar-refractivity contribution in [2.24, 2.45) is 0 Å². The summed E-state index contributed by atoms with van der Waals surface area (Å²) in [6.45, 7) is 4.89. The van der Waals surface area contributed by atoms with Crippen LogP contribution in [0.3, 0.4) is 0 Å². The molecule has 0 aromatic heterocycles. The highest BCUT2D eigenvalue weighted by atomic mass is 19.4. The third-order valence-electron chi connectivity index (χ3n) is 5.33. The second kappa shape index (κ2) is 11.9. The predicted octanol–water partition coefficient (Wildman–Crippen LogP) is 5.76. The second-order valence-corrected chi connectivity index (χ2v) is 7.96. The van der Waals surface area contributed by atoms with E-state index in [9.17, 15) is 41.4 Å². The van der Waals surface area contributed by atoms with Crippen molar-refractivity contribution in [2.75, 3.05) is 0 Å². The van der Waals surface area contributed by atoms with E-state index in [2.05, 4.69) is 4.74 Å². The van der Waals surface area contributed by atoms with E-state index in [0.717, 1.165) is 24.3 Å². The molecular formula is C25H26F6O6. The molecule has 2 N–H and O–H groups in total. The van der Waals surface area contributed by atoms with Crippen molar-refractivity contribution in [1.82, 2.24) is 0 Å². The normalized spacial score (nSPS) is 15.3. The maximum Gasteiger partial charge on any atom is 0.411 e. The van der Waals surface area contributed by atoms with Crippen LogP contribution >= 0.6 is 0 Å². The van der Waals surface area contributed by atoms with Gasteiger partial charge in [0.05, 0.1) is 5.57 Å². The Morgan fingerprint density at radius 3 is 1.27 bits per heavy atom. The van der Waals surface area contributed by atoms with Gasteiger partial charge in [0.1, 0.15) is 17.8 Å². The van der Waals surface area contributed by atoms with Crippen molar-refractivity contribution < 1.29 is 55.6 Å². The second-order valence-electron chi connectivity index (χ2n) is 7.96. The van der Waals surface area contributed by atoms with Gasteiger partial charge in [0.15, 0.2) is 12.6 Å². The van der Waals surface area contributed by atoms with Crippen LogP contribution in [0.1, 0.15) is 44.7 Å². The molecule has 0 bridgehead atoms. The molecule has 6 nitrogen and oxygen atoms in total. The van der Waals surface area contributed by atoms with Crippen LogP contribution in [-0.2, 0) is 14.9 Å². The summed E-state index contributed by atoms with van der Waals surface area (Å²) in [6.07, 6.45) is -12.2. The zero-order valence-electron chi connectivity index (χ0n) is 20.1. The van der Waals surface area contributed by atoms with Gasteiger partial charge in [-0.15, -0.1) is 0 Å². The lowest BCUT2D eigenvalue weighted by atomic mass is 9.73. The van der Waals surface area contributed by atoms with Gasteiger partial charge in [0, 0.05) is 12.8 Å². The molecule has 2 atom stereocenters. The molecule has 0 saturated heterocycles. The van der Waals surface area contributed by atoms with Gasteiger partial charge in [-0.3, -0.25) is 0 Å². The minimum absolute atomic E-state index is 0.0753. The Bertz CT molecular complexity index is 990. The number of esters is 1. The van der Waals surface area contributed by atoms with E-state index in [1.54, 1.807) is 20.8 Å². The third kappa shape index (κ3) is 6.75. The predicted molar refractivity (Wildman–Crippen MR) is 119 cm³/mol. The number of aliphatic hydroxyl groups is 2. The molecule has 2 unspecified atom stereocenters. The Labute approximate surface area is 209 Å². The lowest BCUT2D eigenvalue weighted by Crippen LogP contribution is -2.54. The SMILES string of the molecule is CC1=COC1=O.CCC(O)Oc1ccc(C(c2ccc(OC(O)CC)cc2)(C(F)(F)F)C(F)(F)F)cc1. The number of cyclic esters (lactones) is 1. The Morgan fingerprint density at radius 2 is 1.08 bits per heavy atom. The smallest absolute Gasteiger partial charge is 0.411 e. The first kappa shape index (κ1) is 30.0. The minimum Gasteiger partial charge on any atom is -0.465 e. The van der Waals surface area contributed by atoms with Crippen molar-refractivity contribution in [1.29, 1.82) is 0 Å². The molecule has 0 radical (unpaired) electrons. The van der Waals surface area contributed by atoms with E-state index in [-0.39, 0.29) is 30.3 Å². The molecule has 1 aliphatic rings. The van der Waals surface area contributed by atoms with Crippen molar-refractivity contribution in [2.45, 2.75) is 64.0 Å². The molecule has 1 aliphatic heterocycles. The first-order valence-corrected chi connectivity index (χ1v) is 11.1. The molecule has 0 aliphatic carbocycles. The zero-order chi connectivity index (χ0) is 28.0. The summed E-state index contributed by atoms with van der Waals surface area (Å²) in [5, 5.41) is 18.9. The van der Waals surface area contributed by atoms with E-state index in [0.29, 0.717) is 29.8 Å². The van der Waals surface area contributed by atoms with Gasteiger partial charge in [0.25, 0.3) is 0 Å². The Morgan fingerprint density at radius 1 is 0.757 bits per heavy atom. The number of aliphatic hydroxyl groups excluding tert-OH is 2. The van der Waals surface area contributed by atoms with E-state index < -0.39 is 41.5 Å². The van der Waals surface area contributed by atoms with E-state index in [1.165, 1.54) is 6.26 Å². The van der Waals surface area contributed by atoms with Crippen molar-refractivity contribution >= 4 is 5.97 Å². The van der Waals surface area contributed by atoms with Gasteiger partial charge in [0.2, 0.25) is 5.41 Å². The van der Waals surface area contributed by atoms with E-state index in [1.807, 2.05) is 0 Å². The summed E-state index contributed by atoms with van der Waals surface area (Å²) in [6, 6.07) is 6.44. The molecule has 204 valence electrons. The summed E-state index contributed by atoms with van der Waals surface area (Å²) in [4.78, 5) is 9.94. The zero-order valence-corrected chi connectivity index (χ0v) is 20.1. The summed E-state index contributed by atoms with van der Waals surface area (Å²) in [5.74, 6) is -0.350. The first-order chi connectivity index (χ1) is 17.2. The molecule has 12 heteroatoms. The van der Waals surface area contributed by atoms with Crippen LogP contribution in [0.25, 0.3) is 0 Å². The number of hydrogen-bond acceptors (Lipinski definition) is 6. The number of ether oxygens (including phenoxy) is 3. The highest BCUT2D eigenvalue weighted by Gasteiger charge is 2.72. The molecule has 0 saturated carbocycles. The largest absolute Gasteiger partial charge is 0.465 e. The quantitative estimate of drug-likeness (QED) is 0.254. The average molecular weight is 536 g/mol.